The van der Waals surface area contributed by atoms with Crippen molar-refractivity contribution in [2.75, 3.05) is 44.4 Å². The Balaban J connectivity index is 1.78. The second kappa shape index (κ2) is 12.3. The van der Waals surface area contributed by atoms with Crippen LogP contribution in [-0.4, -0.2) is 67.9 Å². The highest BCUT2D eigenvalue weighted by molar-refractivity contribution is 7.89. The van der Waals surface area contributed by atoms with Crippen LogP contribution in [0.2, 0.25) is 0 Å². The molecule has 1 aromatic heterocycles. The topological polar surface area (TPSA) is 92.0 Å². The first-order valence-corrected chi connectivity index (χ1v) is 14.8. The molecular formula is C27H38F3N5O3S. The molecule has 2 N–H and O–H groups in total. The van der Waals surface area contributed by atoms with E-state index in [1.165, 1.54) is 0 Å². The number of fused-ring (bicyclic) bond motifs is 1. The molecule has 4 rings (SSSR count). The van der Waals surface area contributed by atoms with Gasteiger partial charge in [0.25, 0.3) is 0 Å². The van der Waals surface area contributed by atoms with Gasteiger partial charge in [-0.1, -0.05) is 31.7 Å². The van der Waals surface area contributed by atoms with E-state index in [2.05, 4.69) is 4.98 Å². The number of sulfonamides is 1. The van der Waals surface area contributed by atoms with Gasteiger partial charge in [0.15, 0.2) is 0 Å². The van der Waals surface area contributed by atoms with Crippen LogP contribution in [-0.2, 0) is 23.1 Å². The summed E-state index contributed by atoms with van der Waals surface area (Å²) < 4.78 is 73.8. The van der Waals surface area contributed by atoms with E-state index in [-0.39, 0.29) is 13.1 Å². The van der Waals surface area contributed by atoms with Crippen LogP contribution in [0.1, 0.15) is 49.8 Å². The summed E-state index contributed by atoms with van der Waals surface area (Å²) in [6, 6.07) is 8.22. The van der Waals surface area contributed by atoms with Gasteiger partial charge in [-0.15, -0.1) is 0 Å². The summed E-state index contributed by atoms with van der Waals surface area (Å²) in [6.07, 6.45) is 7.46. The number of nitrogens with two attached hydrogens (primary N) is 1. The maximum atomic E-state index is 13.9. The molecule has 1 aliphatic carbocycles. The molecule has 0 unspecified atom stereocenters. The van der Waals surface area contributed by atoms with Gasteiger partial charge in [-0.2, -0.15) is 17.5 Å². The molecule has 2 aliphatic rings. The number of aromatic nitrogens is 1. The summed E-state index contributed by atoms with van der Waals surface area (Å²) in [7, 11) is -1.80. The maximum absolute atomic E-state index is 13.9. The molecule has 216 valence electrons. The van der Waals surface area contributed by atoms with Crippen LogP contribution in [0.5, 0.6) is 5.75 Å². The van der Waals surface area contributed by atoms with Gasteiger partial charge in [0.05, 0.1) is 12.2 Å². The SMILES string of the molecule is CN(C)CCOc1cccc2c1CN(S(=O)(=O)C(F)(F)F)C[C@@H](CCC1CCCC1)N2Cc1cc(N)ccn1. The second-order valence-corrected chi connectivity index (χ2v) is 12.7. The zero-order valence-electron chi connectivity index (χ0n) is 22.5. The van der Waals surface area contributed by atoms with E-state index in [4.69, 9.17) is 10.5 Å². The fourth-order valence-corrected chi connectivity index (χ4v) is 6.46. The van der Waals surface area contributed by atoms with Gasteiger partial charge >= 0.3 is 15.5 Å². The molecule has 2 aromatic rings. The van der Waals surface area contributed by atoms with Gasteiger partial charge in [-0.25, -0.2) is 8.42 Å². The van der Waals surface area contributed by atoms with Gasteiger partial charge < -0.3 is 20.3 Å². The number of alkyl halides is 3. The minimum absolute atomic E-state index is 0.272. The van der Waals surface area contributed by atoms with E-state index < -0.39 is 28.1 Å². The minimum atomic E-state index is -5.58. The predicted molar refractivity (Wildman–Crippen MR) is 146 cm³/mol. The zero-order valence-corrected chi connectivity index (χ0v) is 23.3. The molecule has 1 fully saturated rings. The lowest BCUT2D eigenvalue weighted by Gasteiger charge is -2.35. The van der Waals surface area contributed by atoms with E-state index >= 15 is 0 Å². The molecule has 39 heavy (non-hydrogen) atoms. The van der Waals surface area contributed by atoms with Gasteiger partial charge in [-0.05, 0) is 57.1 Å². The molecule has 0 spiro atoms. The fourth-order valence-electron chi connectivity index (χ4n) is 5.50. The van der Waals surface area contributed by atoms with Crippen molar-refractivity contribution >= 4 is 21.4 Å². The van der Waals surface area contributed by atoms with Crippen LogP contribution < -0.4 is 15.4 Å². The van der Waals surface area contributed by atoms with Crippen molar-refractivity contribution in [2.45, 2.75) is 63.2 Å². The number of benzene rings is 1. The number of hydrogen-bond donors (Lipinski definition) is 1. The van der Waals surface area contributed by atoms with Crippen molar-refractivity contribution in [1.29, 1.82) is 0 Å². The van der Waals surface area contributed by atoms with Crippen molar-refractivity contribution in [1.82, 2.24) is 14.2 Å². The molecule has 0 bridgehead atoms. The van der Waals surface area contributed by atoms with Crippen molar-refractivity contribution in [2.24, 2.45) is 5.92 Å². The van der Waals surface area contributed by atoms with Gasteiger partial charge in [0.2, 0.25) is 0 Å². The van der Waals surface area contributed by atoms with E-state index in [9.17, 15) is 21.6 Å². The number of nitrogen functional groups attached to an aromatic ring is 1. The number of likely N-dealkylation sites (N-methyl/N-ethyl adjacent to an activating group) is 1. The third-order valence-corrected chi connectivity index (χ3v) is 9.13. The molecule has 8 nitrogen and oxygen atoms in total. The molecule has 12 heteroatoms. The molecule has 0 radical (unpaired) electrons. The summed E-state index contributed by atoms with van der Waals surface area (Å²) >= 11 is 0. The largest absolute Gasteiger partial charge is 0.511 e. The monoisotopic (exact) mass is 569 g/mol. The average molecular weight is 570 g/mol. The summed E-state index contributed by atoms with van der Waals surface area (Å²) in [6.45, 7) is 0.444. The first-order valence-electron chi connectivity index (χ1n) is 13.4. The number of rotatable bonds is 10. The third kappa shape index (κ3) is 7.15. The van der Waals surface area contributed by atoms with Crippen molar-refractivity contribution in [3.05, 3.63) is 47.8 Å². The molecule has 1 saturated carbocycles. The fraction of sp³-hybridized carbons (Fsp3) is 0.593. The smallest absolute Gasteiger partial charge is 0.492 e. The van der Waals surface area contributed by atoms with Crippen LogP contribution in [0, 0.1) is 5.92 Å². The molecular weight excluding hydrogens is 531 g/mol. The number of nitrogens with zero attached hydrogens (tertiary/aromatic N) is 4. The lowest BCUT2D eigenvalue weighted by atomic mass is 9.97. The van der Waals surface area contributed by atoms with Gasteiger partial charge in [-0.3, -0.25) is 4.98 Å². The van der Waals surface area contributed by atoms with E-state index in [1.54, 1.807) is 30.5 Å². The summed E-state index contributed by atoms with van der Waals surface area (Å²) in [5.74, 6) is 0.868. The number of anilines is 2. The molecule has 0 amide bonds. The Morgan fingerprint density at radius 2 is 1.90 bits per heavy atom. The Kier molecular flexibility index (Phi) is 9.28. The van der Waals surface area contributed by atoms with Crippen LogP contribution >= 0.6 is 0 Å². The lowest BCUT2D eigenvalue weighted by molar-refractivity contribution is -0.0492. The Hall–Kier alpha value is -2.57. The maximum Gasteiger partial charge on any atom is 0.511 e. The first-order chi connectivity index (χ1) is 18.5. The van der Waals surface area contributed by atoms with Crippen molar-refractivity contribution in [3.63, 3.8) is 0 Å². The van der Waals surface area contributed by atoms with Crippen molar-refractivity contribution in [3.8, 4) is 5.75 Å². The molecule has 0 saturated heterocycles. The lowest BCUT2D eigenvalue weighted by Crippen LogP contribution is -2.47. The van der Waals surface area contributed by atoms with Gasteiger partial charge in [0, 0.05) is 48.8 Å². The highest BCUT2D eigenvalue weighted by atomic mass is 32.2. The Bertz CT molecular complexity index is 1220. The third-order valence-electron chi connectivity index (χ3n) is 7.59. The quantitative estimate of drug-likeness (QED) is 0.447. The summed E-state index contributed by atoms with van der Waals surface area (Å²) in [5, 5.41) is 0. The molecule has 1 aliphatic heterocycles. The predicted octanol–water partition coefficient (Wildman–Crippen LogP) is 4.62. The first kappa shape index (κ1) is 29.4. The second-order valence-electron chi connectivity index (χ2n) is 10.7. The average Bonchev–Trinajstić information content (AvgIpc) is 3.32. The van der Waals surface area contributed by atoms with Crippen LogP contribution in [0.3, 0.4) is 0 Å². The number of pyridine rings is 1. The zero-order chi connectivity index (χ0) is 28.2. The molecule has 1 atom stereocenters. The highest BCUT2D eigenvalue weighted by Crippen LogP contribution is 2.40. The summed E-state index contributed by atoms with van der Waals surface area (Å²) in [5.41, 5.74) is 2.83. The highest BCUT2D eigenvalue weighted by Gasteiger charge is 2.51. The van der Waals surface area contributed by atoms with E-state index in [0.29, 0.717) is 58.2 Å². The Morgan fingerprint density at radius 1 is 1.15 bits per heavy atom. The Labute approximate surface area is 229 Å². The van der Waals surface area contributed by atoms with Crippen LogP contribution in [0.15, 0.2) is 36.5 Å². The number of ether oxygens (including phenoxy) is 1. The summed E-state index contributed by atoms with van der Waals surface area (Å²) in [4.78, 5) is 8.36. The number of halogens is 3. The van der Waals surface area contributed by atoms with Crippen LogP contribution in [0.25, 0.3) is 0 Å². The van der Waals surface area contributed by atoms with Crippen LogP contribution in [0.4, 0.5) is 24.5 Å². The van der Waals surface area contributed by atoms with E-state index in [1.807, 2.05) is 30.0 Å². The number of hydrogen-bond acceptors (Lipinski definition) is 7. The minimum Gasteiger partial charge on any atom is -0.492 e. The van der Waals surface area contributed by atoms with Gasteiger partial charge in [0.1, 0.15) is 12.4 Å². The standard InChI is InChI=1S/C27H38F3N5O3S/c1-33(2)14-15-38-26-9-5-8-25-24(26)19-34(39(36,37)27(28,29)30)18-23(11-10-20-6-3-4-7-20)35(25)17-22-16-21(31)12-13-32-22/h5,8-9,12-13,16,20,23H,3-4,6-7,10-11,14-15,17-19H2,1-2H3,(H2,31,32)/t23-/m1/s1. The normalized spacial score (nSPS) is 19.3. The van der Waals surface area contributed by atoms with E-state index in [0.717, 1.165) is 32.1 Å². The Morgan fingerprint density at radius 3 is 2.56 bits per heavy atom. The molecule has 1 aromatic carbocycles. The van der Waals surface area contributed by atoms with Crippen molar-refractivity contribution < 1.29 is 26.3 Å². The molecule has 2 heterocycles.